The van der Waals surface area contributed by atoms with Crippen LogP contribution in [0.4, 0.5) is 0 Å². The molecular formula is C12H9N3O3. The molecular weight excluding hydrogens is 234 g/mol. The maximum Gasteiger partial charge on any atom is 0.354 e. The molecule has 0 saturated heterocycles. The van der Waals surface area contributed by atoms with Crippen molar-refractivity contribution in [3.63, 3.8) is 0 Å². The molecule has 3 aromatic rings. The van der Waals surface area contributed by atoms with Crippen LogP contribution in [0.15, 0.2) is 30.5 Å². The number of aromatic carboxylic acids is 1. The number of carbonyl (C=O) groups is 1. The number of carboxylic acids is 1. The number of methoxy groups -OCH3 is 1. The van der Waals surface area contributed by atoms with Crippen LogP contribution < -0.4 is 4.74 Å². The minimum Gasteiger partial charge on any atom is -0.497 e. The van der Waals surface area contributed by atoms with Crippen molar-refractivity contribution in [3.8, 4) is 5.75 Å². The average molecular weight is 243 g/mol. The summed E-state index contributed by atoms with van der Waals surface area (Å²) in [7, 11) is 1.59. The van der Waals surface area contributed by atoms with Gasteiger partial charge in [0, 0.05) is 12.3 Å². The minimum absolute atomic E-state index is 0.0234. The predicted octanol–water partition coefficient (Wildman–Crippen LogP) is 1.59. The van der Waals surface area contributed by atoms with Crippen LogP contribution in [-0.2, 0) is 0 Å². The van der Waals surface area contributed by atoms with Gasteiger partial charge in [-0.3, -0.25) is 4.40 Å². The standard InChI is InChI=1S/C12H9N3O3/c1-18-7-2-3-8-10(6-7)15-5-4-9(11(16)17)14-12(15)13-8/h2-6H,1H3,(H,16,17). The molecule has 6 nitrogen and oxygen atoms in total. The van der Waals surface area contributed by atoms with Crippen LogP contribution >= 0.6 is 0 Å². The summed E-state index contributed by atoms with van der Waals surface area (Å²) in [4.78, 5) is 19.1. The number of hydrogen-bond acceptors (Lipinski definition) is 4. The van der Waals surface area contributed by atoms with E-state index in [9.17, 15) is 4.79 Å². The Labute approximate surface area is 101 Å². The van der Waals surface area contributed by atoms with Crippen LogP contribution in [0.25, 0.3) is 16.8 Å². The van der Waals surface area contributed by atoms with Crippen LogP contribution in [0.3, 0.4) is 0 Å². The van der Waals surface area contributed by atoms with Crippen molar-refractivity contribution in [3.05, 3.63) is 36.2 Å². The maximum atomic E-state index is 10.8. The second-order valence-electron chi connectivity index (χ2n) is 3.75. The van der Waals surface area contributed by atoms with E-state index in [0.717, 1.165) is 11.0 Å². The summed E-state index contributed by atoms with van der Waals surface area (Å²) in [5, 5.41) is 8.88. The van der Waals surface area contributed by atoms with Gasteiger partial charge in [0.15, 0.2) is 5.69 Å². The van der Waals surface area contributed by atoms with Crippen LogP contribution in [0.5, 0.6) is 5.75 Å². The van der Waals surface area contributed by atoms with Crippen molar-refractivity contribution in [2.24, 2.45) is 0 Å². The van der Waals surface area contributed by atoms with E-state index in [1.807, 2.05) is 12.1 Å². The Morgan fingerprint density at radius 1 is 1.33 bits per heavy atom. The van der Waals surface area contributed by atoms with E-state index in [0.29, 0.717) is 11.5 Å². The third kappa shape index (κ3) is 1.46. The zero-order valence-electron chi connectivity index (χ0n) is 9.49. The Hall–Kier alpha value is -2.63. The van der Waals surface area contributed by atoms with E-state index in [1.54, 1.807) is 23.8 Å². The van der Waals surface area contributed by atoms with Crippen molar-refractivity contribution in [2.45, 2.75) is 0 Å². The molecule has 0 saturated carbocycles. The number of rotatable bonds is 2. The predicted molar refractivity (Wildman–Crippen MR) is 64.0 cm³/mol. The van der Waals surface area contributed by atoms with Crippen molar-refractivity contribution in [1.82, 2.24) is 14.4 Å². The Morgan fingerprint density at radius 3 is 2.89 bits per heavy atom. The highest BCUT2D eigenvalue weighted by Gasteiger charge is 2.10. The van der Waals surface area contributed by atoms with Gasteiger partial charge in [-0.05, 0) is 18.2 Å². The fourth-order valence-corrected chi connectivity index (χ4v) is 1.82. The van der Waals surface area contributed by atoms with Gasteiger partial charge in [-0.2, -0.15) is 0 Å². The van der Waals surface area contributed by atoms with Gasteiger partial charge in [-0.1, -0.05) is 0 Å². The topological polar surface area (TPSA) is 76.7 Å². The summed E-state index contributed by atoms with van der Waals surface area (Å²) >= 11 is 0. The highest BCUT2D eigenvalue weighted by Crippen LogP contribution is 2.21. The van der Waals surface area contributed by atoms with E-state index >= 15 is 0 Å². The molecule has 0 fully saturated rings. The lowest BCUT2D eigenvalue weighted by Crippen LogP contribution is -2.02. The highest BCUT2D eigenvalue weighted by molar-refractivity contribution is 5.87. The van der Waals surface area contributed by atoms with Crippen molar-refractivity contribution in [2.75, 3.05) is 7.11 Å². The molecule has 0 bridgehead atoms. The van der Waals surface area contributed by atoms with Crippen molar-refractivity contribution < 1.29 is 14.6 Å². The van der Waals surface area contributed by atoms with Crippen LogP contribution in [0.2, 0.25) is 0 Å². The van der Waals surface area contributed by atoms with Gasteiger partial charge >= 0.3 is 5.97 Å². The summed E-state index contributed by atoms with van der Waals surface area (Å²) in [6.07, 6.45) is 1.64. The zero-order chi connectivity index (χ0) is 12.7. The summed E-state index contributed by atoms with van der Waals surface area (Å²) in [6.45, 7) is 0. The zero-order valence-corrected chi connectivity index (χ0v) is 9.49. The smallest absolute Gasteiger partial charge is 0.354 e. The van der Waals surface area contributed by atoms with Crippen LogP contribution in [0, 0.1) is 0 Å². The Kier molecular flexibility index (Phi) is 2.16. The van der Waals surface area contributed by atoms with E-state index in [4.69, 9.17) is 9.84 Å². The lowest BCUT2D eigenvalue weighted by atomic mass is 10.3. The number of aromatic nitrogens is 3. The molecule has 18 heavy (non-hydrogen) atoms. The molecule has 1 aromatic carbocycles. The van der Waals surface area contributed by atoms with E-state index in [-0.39, 0.29) is 5.69 Å². The number of imidazole rings is 1. The van der Waals surface area contributed by atoms with Gasteiger partial charge < -0.3 is 9.84 Å². The molecule has 0 spiro atoms. The first-order valence-corrected chi connectivity index (χ1v) is 5.25. The molecule has 6 heteroatoms. The molecule has 1 N–H and O–H groups in total. The summed E-state index contributed by atoms with van der Waals surface area (Å²) in [5.41, 5.74) is 1.55. The fraction of sp³-hybridized carbons (Fsp3) is 0.0833. The maximum absolute atomic E-state index is 10.8. The first kappa shape index (κ1) is 10.5. The molecule has 3 rings (SSSR count). The molecule has 0 unspecified atom stereocenters. The van der Waals surface area contributed by atoms with E-state index in [1.165, 1.54) is 6.07 Å². The highest BCUT2D eigenvalue weighted by atomic mass is 16.5. The second kappa shape index (κ2) is 3.69. The number of ether oxygens (including phenoxy) is 1. The Balaban J connectivity index is 2.33. The monoisotopic (exact) mass is 243 g/mol. The molecule has 0 aliphatic rings. The van der Waals surface area contributed by atoms with Crippen molar-refractivity contribution in [1.29, 1.82) is 0 Å². The lowest BCUT2D eigenvalue weighted by molar-refractivity contribution is 0.0690. The number of carboxylic acid groups (broad SMARTS) is 1. The molecule has 90 valence electrons. The first-order chi connectivity index (χ1) is 8.69. The Morgan fingerprint density at radius 2 is 2.17 bits per heavy atom. The van der Waals surface area contributed by atoms with Gasteiger partial charge in [-0.15, -0.1) is 0 Å². The third-order valence-corrected chi connectivity index (χ3v) is 2.70. The average Bonchev–Trinajstić information content (AvgIpc) is 2.75. The molecule has 0 atom stereocenters. The van der Waals surface area contributed by atoms with E-state index in [2.05, 4.69) is 9.97 Å². The third-order valence-electron chi connectivity index (χ3n) is 2.70. The molecule has 2 aromatic heterocycles. The lowest BCUT2D eigenvalue weighted by Gasteiger charge is -1.99. The normalized spacial score (nSPS) is 10.9. The fourth-order valence-electron chi connectivity index (χ4n) is 1.82. The van der Waals surface area contributed by atoms with Crippen LogP contribution in [0.1, 0.15) is 10.5 Å². The molecule has 2 heterocycles. The van der Waals surface area contributed by atoms with Gasteiger partial charge in [0.05, 0.1) is 18.1 Å². The van der Waals surface area contributed by atoms with Gasteiger partial charge in [0.2, 0.25) is 5.78 Å². The number of nitrogens with zero attached hydrogens (tertiary/aromatic N) is 3. The molecule has 0 radical (unpaired) electrons. The second-order valence-corrected chi connectivity index (χ2v) is 3.75. The minimum atomic E-state index is -1.07. The molecule has 0 amide bonds. The molecule has 0 aliphatic heterocycles. The number of benzene rings is 1. The Bertz CT molecular complexity index is 764. The van der Waals surface area contributed by atoms with Crippen LogP contribution in [-0.4, -0.2) is 32.6 Å². The van der Waals surface area contributed by atoms with Gasteiger partial charge in [0.25, 0.3) is 0 Å². The first-order valence-electron chi connectivity index (χ1n) is 5.25. The number of fused-ring (bicyclic) bond motifs is 3. The summed E-state index contributed by atoms with van der Waals surface area (Å²) in [6, 6.07) is 6.88. The SMILES string of the molecule is COc1ccc2nc3nc(C(=O)O)ccn3c2c1. The van der Waals surface area contributed by atoms with E-state index < -0.39 is 5.97 Å². The summed E-state index contributed by atoms with van der Waals surface area (Å²) < 4.78 is 6.87. The van der Waals surface area contributed by atoms with Crippen molar-refractivity contribution >= 4 is 22.8 Å². The number of hydrogen-bond donors (Lipinski definition) is 1. The summed E-state index contributed by atoms with van der Waals surface area (Å²) in [5.74, 6) is 0.00639. The largest absolute Gasteiger partial charge is 0.497 e. The molecule has 0 aliphatic carbocycles. The quantitative estimate of drug-likeness (QED) is 0.739. The van der Waals surface area contributed by atoms with Gasteiger partial charge in [-0.25, -0.2) is 14.8 Å². The van der Waals surface area contributed by atoms with Gasteiger partial charge in [0.1, 0.15) is 5.75 Å².